The maximum Gasteiger partial charge on any atom is 0.238 e. The highest BCUT2D eigenvalue weighted by atomic mass is 35.5. The van der Waals surface area contributed by atoms with Crippen LogP contribution < -0.4 is 15.4 Å². The molecule has 0 bridgehead atoms. The van der Waals surface area contributed by atoms with E-state index in [9.17, 15) is 4.79 Å². The number of amides is 1. The number of para-hydroxylation sites is 2. The van der Waals surface area contributed by atoms with E-state index >= 15 is 0 Å². The highest BCUT2D eigenvalue weighted by Gasteiger charge is 2.11. The van der Waals surface area contributed by atoms with Crippen molar-refractivity contribution in [3.8, 4) is 5.75 Å². The maximum absolute atomic E-state index is 12.1. The predicted octanol–water partition coefficient (Wildman–Crippen LogP) is 4.03. The van der Waals surface area contributed by atoms with E-state index in [1.54, 1.807) is 0 Å². The van der Waals surface area contributed by atoms with E-state index in [0.29, 0.717) is 23.1 Å². The summed E-state index contributed by atoms with van der Waals surface area (Å²) in [6.45, 7) is 4.62. The molecule has 0 fully saturated rings. The van der Waals surface area contributed by atoms with Gasteiger partial charge >= 0.3 is 0 Å². The van der Waals surface area contributed by atoms with Crippen LogP contribution in [0.5, 0.6) is 5.75 Å². The molecule has 0 heterocycles. The first kappa shape index (κ1) is 17.3. The molecule has 0 saturated heterocycles. The Morgan fingerprint density at radius 1 is 1.17 bits per heavy atom. The Balaban J connectivity index is 1.92. The second kappa shape index (κ2) is 8.56. The van der Waals surface area contributed by atoms with E-state index in [1.807, 2.05) is 62.4 Å². The van der Waals surface area contributed by atoms with E-state index in [2.05, 4.69) is 10.6 Å². The van der Waals surface area contributed by atoms with Crippen LogP contribution in [-0.4, -0.2) is 19.1 Å². The van der Waals surface area contributed by atoms with Crippen LogP contribution >= 0.6 is 11.6 Å². The second-order valence-corrected chi connectivity index (χ2v) is 5.51. The Morgan fingerprint density at radius 2 is 1.87 bits per heavy atom. The topological polar surface area (TPSA) is 50.4 Å². The minimum atomic E-state index is -0.129. The largest absolute Gasteiger partial charge is 0.492 e. The van der Waals surface area contributed by atoms with Crippen molar-refractivity contribution in [3.63, 3.8) is 0 Å². The molecular formula is C18H21ClN2O2. The van der Waals surface area contributed by atoms with Crippen LogP contribution in [0.25, 0.3) is 0 Å². The smallest absolute Gasteiger partial charge is 0.238 e. The fourth-order valence-corrected chi connectivity index (χ4v) is 2.53. The summed E-state index contributed by atoms with van der Waals surface area (Å²) < 4.78 is 5.50. The second-order valence-electron chi connectivity index (χ2n) is 5.10. The van der Waals surface area contributed by atoms with Crippen molar-refractivity contribution in [2.24, 2.45) is 0 Å². The van der Waals surface area contributed by atoms with E-state index in [-0.39, 0.29) is 18.5 Å². The third-order valence-electron chi connectivity index (χ3n) is 3.40. The number of halogens is 1. The fourth-order valence-electron chi connectivity index (χ4n) is 2.23. The molecule has 0 aliphatic carbocycles. The van der Waals surface area contributed by atoms with Crippen LogP contribution in [0.1, 0.15) is 25.5 Å². The number of carbonyl (C=O) groups is 1. The summed E-state index contributed by atoms with van der Waals surface area (Å²) in [5.74, 6) is 0.540. The zero-order valence-corrected chi connectivity index (χ0v) is 14.1. The lowest BCUT2D eigenvalue weighted by molar-refractivity contribution is -0.115. The number of ether oxygens (including phenoxy) is 1. The highest BCUT2D eigenvalue weighted by molar-refractivity contribution is 6.31. The summed E-state index contributed by atoms with van der Waals surface area (Å²) in [6, 6.07) is 15.0. The van der Waals surface area contributed by atoms with Crippen LogP contribution in [0.15, 0.2) is 48.5 Å². The van der Waals surface area contributed by atoms with E-state index in [1.165, 1.54) is 0 Å². The molecule has 2 aromatic rings. The number of nitrogens with one attached hydrogen (secondary N) is 2. The van der Waals surface area contributed by atoms with Gasteiger partial charge in [-0.1, -0.05) is 41.9 Å². The van der Waals surface area contributed by atoms with E-state index in [0.717, 1.165) is 5.56 Å². The van der Waals surface area contributed by atoms with Gasteiger partial charge in [-0.05, 0) is 37.6 Å². The minimum absolute atomic E-state index is 0.0171. The highest BCUT2D eigenvalue weighted by Crippen LogP contribution is 2.24. The summed E-state index contributed by atoms with van der Waals surface area (Å²) in [6.07, 6.45) is 0. The minimum Gasteiger partial charge on any atom is -0.492 e. The number of rotatable bonds is 7. The average Bonchev–Trinajstić information content (AvgIpc) is 2.55. The first-order valence-corrected chi connectivity index (χ1v) is 7.99. The Kier molecular flexibility index (Phi) is 6.44. The van der Waals surface area contributed by atoms with Crippen molar-refractivity contribution in [2.45, 2.75) is 19.9 Å². The Bertz CT molecular complexity index is 661. The fraction of sp³-hybridized carbons (Fsp3) is 0.278. The zero-order valence-electron chi connectivity index (χ0n) is 13.3. The monoisotopic (exact) mass is 332 g/mol. The normalized spacial score (nSPS) is 11.8. The summed E-state index contributed by atoms with van der Waals surface area (Å²) in [7, 11) is 0. The molecule has 1 amide bonds. The summed E-state index contributed by atoms with van der Waals surface area (Å²) in [4.78, 5) is 12.1. The van der Waals surface area contributed by atoms with Crippen molar-refractivity contribution in [1.29, 1.82) is 0 Å². The Morgan fingerprint density at radius 3 is 2.61 bits per heavy atom. The van der Waals surface area contributed by atoms with Crippen molar-refractivity contribution in [1.82, 2.24) is 5.32 Å². The van der Waals surface area contributed by atoms with Gasteiger partial charge in [0, 0.05) is 11.1 Å². The third kappa shape index (κ3) is 4.98. The molecule has 23 heavy (non-hydrogen) atoms. The van der Waals surface area contributed by atoms with Gasteiger partial charge in [0.25, 0.3) is 0 Å². The van der Waals surface area contributed by atoms with Crippen molar-refractivity contribution >= 4 is 23.2 Å². The molecule has 0 saturated carbocycles. The molecule has 122 valence electrons. The van der Waals surface area contributed by atoms with Crippen molar-refractivity contribution in [3.05, 3.63) is 59.1 Å². The van der Waals surface area contributed by atoms with Gasteiger partial charge in [0.05, 0.1) is 18.8 Å². The predicted molar refractivity (Wildman–Crippen MR) is 94.1 cm³/mol. The number of carbonyl (C=O) groups excluding carboxylic acids is 1. The Labute approximate surface area is 141 Å². The quantitative estimate of drug-likeness (QED) is 0.805. The van der Waals surface area contributed by atoms with Gasteiger partial charge in [-0.15, -0.1) is 0 Å². The average molecular weight is 333 g/mol. The van der Waals surface area contributed by atoms with Gasteiger partial charge < -0.3 is 15.4 Å². The van der Waals surface area contributed by atoms with E-state index in [4.69, 9.17) is 16.3 Å². The Hall–Kier alpha value is -2.04. The number of hydrogen-bond donors (Lipinski definition) is 2. The number of hydrogen-bond acceptors (Lipinski definition) is 3. The van der Waals surface area contributed by atoms with Crippen molar-refractivity contribution in [2.75, 3.05) is 18.5 Å². The molecule has 2 aromatic carbocycles. The molecule has 0 aliphatic heterocycles. The van der Waals surface area contributed by atoms with Gasteiger partial charge in [-0.2, -0.15) is 0 Å². The van der Waals surface area contributed by atoms with Crippen LogP contribution in [0.4, 0.5) is 5.69 Å². The molecule has 2 rings (SSSR count). The first-order valence-electron chi connectivity index (χ1n) is 7.61. The van der Waals surface area contributed by atoms with E-state index < -0.39 is 0 Å². The molecule has 2 N–H and O–H groups in total. The summed E-state index contributed by atoms with van der Waals surface area (Å²) in [5.41, 5.74) is 1.64. The van der Waals surface area contributed by atoms with Crippen LogP contribution in [-0.2, 0) is 4.79 Å². The molecule has 1 atom stereocenters. The van der Waals surface area contributed by atoms with Crippen molar-refractivity contribution < 1.29 is 9.53 Å². The maximum atomic E-state index is 12.1. The standard InChI is InChI=1S/C18H21ClN2O2/c1-3-23-17-11-7-6-10-16(17)21-18(22)12-20-13(2)14-8-4-5-9-15(14)19/h4-11,13,20H,3,12H2,1-2H3,(H,21,22)/t13-/m0/s1. The lowest BCUT2D eigenvalue weighted by atomic mass is 10.1. The van der Waals surface area contributed by atoms with Gasteiger partial charge in [0.15, 0.2) is 0 Å². The lowest BCUT2D eigenvalue weighted by Crippen LogP contribution is -2.30. The van der Waals surface area contributed by atoms with Crippen LogP contribution in [0, 0.1) is 0 Å². The lowest BCUT2D eigenvalue weighted by Gasteiger charge is -2.16. The third-order valence-corrected chi connectivity index (χ3v) is 3.75. The van der Waals surface area contributed by atoms with Gasteiger partial charge in [-0.3, -0.25) is 4.79 Å². The molecule has 0 radical (unpaired) electrons. The molecule has 4 nitrogen and oxygen atoms in total. The number of benzene rings is 2. The SMILES string of the molecule is CCOc1ccccc1NC(=O)CN[C@@H](C)c1ccccc1Cl. The molecule has 0 aromatic heterocycles. The molecule has 0 unspecified atom stereocenters. The molecule has 5 heteroatoms. The van der Waals surface area contributed by atoms with Gasteiger partial charge in [0.2, 0.25) is 5.91 Å². The first-order chi connectivity index (χ1) is 11.1. The molecular weight excluding hydrogens is 312 g/mol. The van der Waals surface area contributed by atoms with Crippen LogP contribution in [0.3, 0.4) is 0 Å². The van der Waals surface area contributed by atoms with Gasteiger partial charge in [0.1, 0.15) is 5.75 Å². The number of anilines is 1. The summed E-state index contributed by atoms with van der Waals surface area (Å²) >= 11 is 6.16. The molecule has 0 aliphatic rings. The zero-order chi connectivity index (χ0) is 16.7. The van der Waals surface area contributed by atoms with Gasteiger partial charge in [-0.25, -0.2) is 0 Å². The summed E-state index contributed by atoms with van der Waals surface area (Å²) in [5, 5.41) is 6.72. The van der Waals surface area contributed by atoms with Crippen LogP contribution in [0.2, 0.25) is 5.02 Å². The molecule has 0 spiro atoms.